The molecule has 4 nitrogen and oxygen atoms in total. The topological polar surface area (TPSA) is 58.2 Å². The molecule has 0 aromatic heterocycles. The summed E-state index contributed by atoms with van der Waals surface area (Å²) in [5.41, 5.74) is 3.25. The van der Waals surface area contributed by atoms with Crippen molar-refractivity contribution in [3.05, 3.63) is 59.7 Å². The molecule has 0 unspecified atom stereocenters. The van der Waals surface area contributed by atoms with Gasteiger partial charge in [0.15, 0.2) is 0 Å². The third-order valence-electron chi connectivity index (χ3n) is 3.34. The van der Waals surface area contributed by atoms with Crippen molar-refractivity contribution in [1.29, 1.82) is 0 Å². The molecule has 0 aliphatic rings. The second-order valence-electron chi connectivity index (χ2n) is 4.76. The summed E-state index contributed by atoms with van der Waals surface area (Å²) in [6.07, 6.45) is 1.03. The molecule has 21 heavy (non-hydrogen) atoms. The van der Waals surface area contributed by atoms with Gasteiger partial charge in [0.2, 0.25) is 10.0 Å². The molecule has 0 amide bonds. The van der Waals surface area contributed by atoms with Crippen molar-refractivity contribution in [3.8, 4) is 0 Å². The number of benzene rings is 2. The van der Waals surface area contributed by atoms with Gasteiger partial charge in [-0.1, -0.05) is 37.3 Å². The maximum Gasteiger partial charge on any atom is 0.240 e. The maximum absolute atomic E-state index is 11.8. The summed E-state index contributed by atoms with van der Waals surface area (Å²) in [6.45, 7) is 2.79. The third-order valence-corrected chi connectivity index (χ3v) is 4.75. The van der Waals surface area contributed by atoms with Gasteiger partial charge in [-0.25, -0.2) is 13.1 Å². The predicted octanol–water partition coefficient (Wildman–Crippen LogP) is 2.77. The second-order valence-corrected chi connectivity index (χ2v) is 6.65. The molecule has 0 spiro atoms. The van der Waals surface area contributed by atoms with Crippen molar-refractivity contribution >= 4 is 15.7 Å². The largest absolute Gasteiger partial charge is 0.381 e. The summed E-state index contributed by atoms with van der Waals surface area (Å²) in [7, 11) is -2.00. The molecule has 0 aliphatic heterocycles. The lowest BCUT2D eigenvalue weighted by Gasteiger charge is -2.09. The zero-order valence-corrected chi connectivity index (χ0v) is 13.1. The van der Waals surface area contributed by atoms with Crippen LogP contribution in [-0.4, -0.2) is 15.5 Å². The van der Waals surface area contributed by atoms with E-state index in [2.05, 4.69) is 41.2 Å². The van der Waals surface area contributed by atoms with E-state index in [4.69, 9.17) is 0 Å². The average molecular weight is 304 g/mol. The van der Waals surface area contributed by atoms with Gasteiger partial charge in [-0.05, 0) is 42.8 Å². The van der Waals surface area contributed by atoms with E-state index in [0.29, 0.717) is 6.54 Å². The van der Waals surface area contributed by atoms with Crippen LogP contribution < -0.4 is 10.0 Å². The van der Waals surface area contributed by atoms with Gasteiger partial charge in [0.1, 0.15) is 0 Å². The van der Waals surface area contributed by atoms with E-state index in [9.17, 15) is 8.42 Å². The summed E-state index contributed by atoms with van der Waals surface area (Å²) >= 11 is 0. The van der Waals surface area contributed by atoms with E-state index >= 15 is 0 Å². The number of nitrogens with one attached hydrogen (secondary N) is 2. The van der Waals surface area contributed by atoms with Gasteiger partial charge >= 0.3 is 0 Å². The molecular formula is C16H20N2O2S. The van der Waals surface area contributed by atoms with Crippen molar-refractivity contribution in [2.75, 3.05) is 12.4 Å². The van der Waals surface area contributed by atoms with E-state index in [1.54, 1.807) is 18.2 Å². The van der Waals surface area contributed by atoms with Gasteiger partial charge in [0.25, 0.3) is 0 Å². The molecule has 2 N–H and O–H groups in total. The highest BCUT2D eigenvalue weighted by Crippen LogP contribution is 2.16. The van der Waals surface area contributed by atoms with Gasteiger partial charge in [-0.2, -0.15) is 0 Å². The Morgan fingerprint density at radius 1 is 1.00 bits per heavy atom. The third kappa shape index (κ3) is 4.06. The summed E-state index contributed by atoms with van der Waals surface area (Å²) in [5, 5.41) is 3.24. The number of sulfonamides is 1. The van der Waals surface area contributed by atoms with E-state index in [0.717, 1.165) is 17.7 Å². The SMILES string of the molecule is CCc1ccc(CNc2cccc(S(=O)(=O)NC)c2)cc1. The molecule has 2 aromatic rings. The van der Waals surface area contributed by atoms with E-state index in [1.165, 1.54) is 12.6 Å². The van der Waals surface area contributed by atoms with Crippen molar-refractivity contribution in [2.24, 2.45) is 0 Å². The lowest BCUT2D eigenvalue weighted by atomic mass is 10.1. The molecule has 0 saturated carbocycles. The van der Waals surface area contributed by atoms with E-state index in [-0.39, 0.29) is 4.90 Å². The summed E-state index contributed by atoms with van der Waals surface area (Å²) in [4.78, 5) is 0.260. The minimum absolute atomic E-state index is 0.260. The Kier molecular flexibility index (Phi) is 4.98. The van der Waals surface area contributed by atoms with Gasteiger partial charge in [-0.15, -0.1) is 0 Å². The fourth-order valence-corrected chi connectivity index (χ4v) is 2.76. The second kappa shape index (κ2) is 6.74. The van der Waals surface area contributed by atoms with Crippen molar-refractivity contribution in [3.63, 3.8) is 0 Å². The molecule has 2 aromatic carbocycles. The lowest BCUT2D eigenvalue weighted by Crippen LogP contribution is -2.18. The number of hydrogen-bond donors (Lipinski definition) is 2. The minimum Gasteiger partial charge on any atom is -0.381 e. The Morgan fingerprint density at radius 3 is 2.29 bits per heavy atom. The van der Waals surface area contributed by atoms with Gasteiger partial charge < -0.3 is 5.32 Å². The fraction of sp³-hybridized carbons (Fsp3) is 0.250. The quantitative estimate of drug-likeness (QED) is 0.863. The molecule has 0 fully saturated rings. The number of aryl methyl sites for hydroxylation is 1. The minimum atomic E-state index is -3.40. The van der Waals surface area contributed by atoms with Crippen molar-refractivity contribution in [2.45, 2.75) is 24.8 Å². The first kappa shape index (κ1) is 15.5. The highest BCUT2D eigenvalue weighted by Gasteiger charge is 2.11. The molecular weight excluding hydrogens is 284 g/mol. The van der Waals surface area contributed by atoms with Gasteiger partial charge in [0.05, 0.1) is 4.90 Å². The monoisotopic (exact) mass is 304 g/mol. The van der Waals surface area contributed by atoms with Crippen molar-refractivity contribution in [1.82, 2.24) is 4.72 Å². The Hall–Kier alpha value is -1.85. The van der Waals surface area contributed by atoms with Crippen LogP contribution in [0.5, 0.6) is 0 Å². The smallest absolute Gasteiger partial charge is 0.240 e. The Labute approximate surface area is 126 Å². The van der Waals surface area contributed by atoms with Crippen LogP contribution in [0.2, 0.25) is 0 Å². The molecule has 0 bridgehead atoms. The number of rotatable bonds is 6. The molecule has 5 heteroatoms. The molecule has 112 valence electrons. The Morgan fingerprint density at radius 2 is 1.67 bits per heavy atom. The number of hydrogen-bond acceptors (Lipinski definition) is 3. The normalized spacial score (nSPS) is 11.3. The van der Waals surface area contributed by atoms with Crippen LogP contribution in [0.15, 0.2) is 53.4 Å². The first-order chi connectivity index (χ1) is 10.0. The summed E-state index contributed by atoms with van der Waals surface area (Å²) in [6, 6.07) is 15.2. The zero-order chi connectivity index (χ0) is 15.3. The van der Waals surface area contributed by atoms with Gasteiger partial charge in [0, 0.05) is 12.2 Å². The summed E-state index contributed by atoms with van der Waals surface area (Å²) < 4.78 is 25.8. The molecule has 0 heterocycles. The average Bonchev–Trinajstić information content (AvgIpc) is 2.53. The van der Waals surface area contributed by atoms with Crippen LogP contribution in [0.4, 0.5) is 5.69 Å². The van der Waals surface area contributed by atoms with Crippen molar-refractivity contribution < 1.29 is 8.42 Å². The molecule has 0 atom stereocenters. The van der Waals surface area contributed by atoms with Crippen LogP contribution in [0.25, 0.3) is 0 Å². The predicted molar refractivity (Wildman–Crippen MR) is 85.8 cm³/mol. The van der Waals surface area contributed by atoms with Crippen LogP contribution in [0.3, 0.4) is 0 Å². The molecule has 2 rings (SSSR count). The zero-order valence-electron chi connectivity index (χ0n) is 12.3. The fourth-order valence-electron chi connectivity index (χ4n) is 1.99. The summed E-state index contributed by atoms with van der Waals surface area (Å²) in [5.74, 6) is 0. The van der Waals surface area contributed by atoms with Gasteiger partial charge in [-0.3, -0.25) is 0 Å². The Balaban J connectivity index is 2.08. The maximum atomic E-state index is 11.8. The highest BCUT2D eigenvalue weighted by atomic mass is 32.2. The number of anilines is 1. The van der Waals surface area contributed by atoms with Crippen LogP contribution in [0, 0.1) is 0 Å². The molecule has 0 radical (unpaired) electrons. The standard InChI is InChI=1S/C16H20N2O2S/c1-3-13-7-9-14(10-8-13)12-18-15-5-4-6-16(11-15)21(19,20)17-2/h4-11,17-18H,3,12H2,1-2H3. The molecule has 0 aliphatic carbocycles. The Bertz CT molecular complexity index is 694. The lowest BCUT2D eigenvalue weighted by molar-refractivity contribution is 0.588. The van der Waals surface area contributed by atoms with E-state index in [1.807, 2.05) is 6.07 Å². The van der Waals surface area contributed by atoms with Crippen LogP contribution >= 0.6 is 0 Å². The first-order valence-corrected chi connectivity index (χ1v) is 8.39. The van der Waals surface area contributed by atoms with Crippen LogP contribution in [0.1, 0.15) is 18.1 Å². The van der Waals surface area contributed by atoms with E-state index < -0.39 is 10.0 Å². The molecule has 0 saturated heterocycles. The van der Waals surface area contributed by atoms with Crippen LogP contribution in [-0.2, 0) is 23.0 Å². The highest BCUT2D eigenvalue weighted by molar-refractivity contribution is 7.89. The first-order valence-electron chi connectivity index (χ1n) is 6.90.